The van der Waals surface area contributed by atoms with E-state index in [1.165, 1.54) is 12.1 Å². The number of carbonyl (C=O) groups excluding carboxylic acids is 1. The Hall–Kier alpha value is -1.50. The Balaban J connectivity index is 3.18. The summed E-state index contributed by atoms with van der Waals surface area (Å²) in [4.78, 5) is 11.4. The molecule has 0 aromatic heterocycles. The molecule has 1 aromatic carbocycles. The predicted octanol–water partition coefficient (Wildman–Crippen LogP) is 3.17. The fourth-order valence-corrected chi connectivity index (χ4v) is 2.01. The summed E-state index contributed by atoms with van der Waals surface area (Å²) in [6.07, 6.45) is -5.20. The molecule has 1 aromatic rings. The topological polar surface area (TPSA) is 59.3 Å². The zero-order valence-electron chi connectivity index (χ0n) is 10.3. The minimum atomic E-state index is -4.91. The van der Waals surface area contributed by atoms with Crippen LogP contribution in [-0.2, 0) is 16.0 Å². The molecule has 0 radical (unpaired) electrons. The molecule has 0 aliphatic carbocycles. The highest BCUT2D eigenvalue weighted by molar-refractivity contribution is 14.1. The van der Waals surface area contributed by atoms with Crippen LogP contribution in [0.3, 0.4) is 0 Å². The normalized spacial score (nSPS) is 10.8. The van der Waals surface area contributed by atoms with E-state index in [1.54, 1.807) is 35.6 Å². The van der Waals surface area contributed by atoms with Crippen molar-refractivity contribution in [2.24, 2.45) is 0 Å². The lowest BCUT2D eigenvalue weighted by Gasteiger charge is -2.14. The van der Waals surface area contributed by atoms with Gasteiger partial charge in [-0.3, -0.25) is 4.79 Å². The van der Waals surface area contributed by atoms with Gasteiger partial charge in [0, 0.05) is 0 Å². The molecule has 0 atom stereocenters. The molecule has 0 saturated heterocycles. The van der Waals surface area contributed by atoms with Crippen molar-refractivity contribution in [1.29, 1.82) is 5.26 Å². The van der Waals surface area contributed by atoms with Gasteiger partial charge in [-0.15, -0.1) is 13.2 Å². The second-order valence-electron chi connectivity index (χ2n) is 3.55. The van der Waals surface area contributed by atoms with Crippen molar-refractivity contribution in [3.8, 4) is 11.8 Å². The number of hydrogen-bond acceptors (Lipinski definition) is 4. The molecule has 0 aliphatic rings. The van der Waals surface area contributed by atoms with E-state index in [2.05, 4.69) is 4.74 Å². The number of hydrogen-bond donors (Lipinski definition) is 0. The van der Waals surface area contributed by atoms with Crippen LogP contribution in [0.25, 0.3) is 0 Å². The molecule has 0 heterocycles. The highest BCUT2D eigenvalue weighted by atomic mass is 127. The smallest absolute Gasteiger partial charge is 0.466 e. The maximum Gasteiger partial charge on any atom is 0.573 e. The Kier molecular flexibility index (Phi) is 5.62. The van der Waals surface area contributed by atoms with Crippen LogP contribution in [0.4, 0.5) is 13.2 Å². The molecule has 0 aliphatic heterocycles. The van der Waals surface area contributed by atoms with Gasteiger partial charge in [-0.2, -0.15) is 5.26 Å². The van der Waals surface area contributed by atoms with Gasteiger partial charge in [0.25, 0.3) is 0 Å². The van der Waals surface area contributed by atoms with E-state index < -0.39 is 18.1 Å². The van der Waals surface area contributed by atoms with Gasteiger partial charge in [-0.25, -0.2) is 0 Å². The summed E-state index contributed by atoms with van der Waals surface area (Å²) in [5.74, 6) is -1.22. The van der Waals surface area contributed by atoms with E-state index in [1.807, 2.05) is 0 Å². The quantitative estimate of drug-likeness (QED) is 0.577. The van der Waals surface area contributed by atoms with E-state index in [-0.39, 0.29) is 27.7 Å². The molecule has 0 unspecified atom stereocenters. The summed E-state index contributed by atoms with van der Waals surface area (Å²) < 4.78 is 45.7. The Morgan fingerprint density at radius 3 is 2.60 bits per heavy atom. The number of ether oxygens (including phenoxy) is 2. The van der Waals surface area contributed by atoms with Crippen molar-refractivity contribution in [1.82, 2.24) is 0 Å². The first-order valence-electron chi connectivity index (χ1n) is 5.41. The van der Waals surface area contributed by atoms with Crippen LogP contribution >= 0.6 is 22.6 Å². The van der Waals surface area contributed by atoms with Crippen LogP contribution in [0.5, 0.6) is 5.75 Å². The Labute approximate surface area is 126 Å². The largest absolute Gasteiger partial charge is 0.573 e. The van der Waals surface area contributed by atoms with E-state index in [0.29, 0.717) is 0 Å². The standard InChI is InChI=1S/C12H9F3INO3/c1-2-19-10(18)5-7-3-4-9(16)11(8(7)6-17)20-12(13,14)15/h3-4H,2,5H2,1H3. The molecule has 8 heteroatoms. The van der Waals surface area contributed by atoms with Gasteiger partial charge < -0.3 is 9.47 Å². The van der Waals surface area contributed by atoms with Gasteiger partial charge in [0.1, 0.15) is 6.07 Å². The molecule has 1 rings (SSSR count). The minimum Gasteiger partial charge on any atom is -0.466 e. The van der Waals surface area contributed by atoms with E-state index >= 15 is 0 Å². The van der Waals surface area contributed by atoms with Crippen LogP contribution in [0.2, 0.25) is 0 Å². The molecule has 0 bridgehead atoms. The Morgan fingerprint density at radius 2 is 2.10 bits per heavy atom. The fraction of sp³-hybridized carbons (Fsp3) is 0.333. The maximum atomic E-state index is 12.3. The molecule has 108 valence electrons. The monoisotopic (exact) mass is 399 g/mol. The van der Waals surface area contributed by atoms with Crippen LogP contribution in [0.1, 0.15) is 18.1 Å². The number of alkyl halides is 3. The van der Waals surface area contributed by atoms with Gasteiger partial charge >= 0.3 is 12.3 Å². The van der Waals surface area contributed by atoms with Gasteiger partial charge in [0.2, 0.25) is 0 Å². The second-order valence-corrected chi connectivity index (χ2v) is 4.71. The van der Waals surface area contributed by atoms with Crippen LogP contribution in [-0.4, -0.2) is 18.9 Å². The highest BCUT2D eigenvalue weighted by Crippen LogP contribution is 2.33. The minimum absolute atomic E-state index is 0.129. The van der Waals surface area contributed by atoms with E-state index in [9.17, 15) is 18.0 Å². The third-order valence-corrected chi connectivity index (χ3v) is 3.02. The number of benzene rings is 1. The van der Waals surface area contributed by atoms with E-state index in [0.717, 1.165) is 0 Å². The first kappa shape index (κ1) is 16.6. The summed E-state index contributed by atoms with van der Waals surface area (Å²) in [5, 5.41) is 9.01. The average Bonchev–Trinajstić information content (AvgIpc) is 2.32. The van der Waals surface area contributed by atoms with Gasteiger partial charge in [0.05, 0.1) is 22.2 Å². The molecular formula is C12H9F3INO3. The third-order valence-electron chi connectivity index (χ3n) is 2.17. The zero-order valence-corrected chi connectivity index (χ0v) is 12.4. The number of nitriles is 1. The average molecular weight is 399 g/mol. The zero-order chi connectivity index (χ0) is 15.3. The van der Waals surface area contributed by atoms with Crippen LogP contribution < -0.4 is 4.74 Å². The molecule has 0 saturated carbocycles. The number of nitrogens with zero attached hydrogens (tertiary/aromatic N) is 1. The van der Waals surface area contributed by atoms with Crippen LogP contribution in [0.15, 0.2) is 12.1 Å². The molecule has 4 nitrogen and oxygen atoms in total. The van der Waals surface area contributed by atoms with Crippen molar-refractivity contribution in [2.45, 2.75) is 19.7 Å². The van der Waals surface area contributed by atoms with Crippen molar-refractivity contribution >= 4 is 28.6 Å². The number of halogens is 4. The Bertz CT molecular complexity index is 552. The fourth-order valence-electron chi connectivity index (χ4n) is 1.45. The highest BCUT2D eigenvalue weighted by Gasteiger charge is 2.34. The molecular weight excluding hydrogens is 390 g/mol. The van der Waals surface area contributed by atoms with Crippen molar-refractivity contribution in [3.63, 3.8) is 0 Å². The first-order chi connectivity index (χ1) is 9.28. The summed E-state index contributed by atoms with van der Waals surface area (Å²) in [5.41, 5.74) is -0.187. The van der Waals surface area contributed by atoms with Gasteiger partial charge in [0.15, 0.2) is 5.75 Å². The maximum absolute atomic E-state index is 12.3. The molecule has 20 heavy (non-hydrogen) atoms. The second kappa shape index (κ2) is 6.78. The Morgan fingerprint density at radius 1 is 1.45 bits per heavy atom. The number of rotatable bonds is 4. The summed E-state index contributed by atoms with van der Waals surface area (Å²) >= 11 is 1.62. The van der Waals surface area contributed by atoms with Gasteiger partial charge in [-0.1, -0.05) is 6.07 Å². The lowest BCUT2D eigenvalue weighted by Crippen LogP contribution is -2.19. The summed E-state index contributed by atoms with van der Waals surface area (Å²) in [7, 11) is 0. The van der Waals surface area contributed by atoms with Crippen LogP contribution in [0, 0.1) is 14.9 Å². The van der Waals surface area contributed by atoms with Gasteiger partial charge in [-0.05, 0) is 41.1 Å². The SMILES string of the molecule is CCOC(=O)Cc1ccc(I)c(OC(F)(F)F)c1C#N. The molecule has 0 amide bonds. The lowest BCUT2D eigenvalue weighted by molar-refractivity contribution is -0.275. The lowest BCUT2D eigenvalue weighted by atomic mass is 10.0. The third kappa shape index (κ3) is 4.56. The number of carbonyl (C=O) groups is 1. The summed E-state index contributed by atoms with van der Waals surface area (Å²) in [6.45, 7) is 1.76. The van der Waals surface area contributed by atoms with Crippen molar-refractivity contribution in [3.05, 3.63) is 26.8 Å². The van der Waals surface area contributed by atoms with E-state index in [4.69, 9.17) is 10.00 Å². The predicted molar refractivity (Wildman–Crippen MR) is 70.9 cm³/mol. The van der Waals surface area contributed by atoms with Crippen molar-refractivity contribution < 1.29 is 27.4 Å². The van der Waals surface area contributed by atoms with Crippen molar-refractivity contribution in [2.75, 3.05) is 6.61 Å². The number of esters is 1. The first-order valence-corrected chi connectivity index (χ1v) is 6.49. The molecule has 0 fully saturated rings. The molecule has 0 N–H and O–H groups in total. The molecule has 0 spiro atoms. The summed E-state index contributed by atoms with van der Waals surface area (Å²) in [6, 6.07) is 4.39.